The van der Waals surface area contributed by atoms with Crippen molar-refractivity contribution >= 4 is 5.97 Å². The molecule has 0 aliphatic heterocycles. The predicted octanol–water partition coefficient (Wildman–Crippen LogP) is 2.27. The van der Waals surface area contributed by atoms with Crippen molar-refractivity contribution in [1.82, 2.24) is 0 Å². The average molecular weight is 214 g/mol. The summed E-state index contributed by atoms with van der Waals surface area (Å²) in [5.74, 6) is -0.289. The van der Waals surface area contributed by atoms with Gasteiger partial charge in [-0.05, 0) is 25.2 Å². The van der Waals surface area contributed by atoms with E-state index in [1.54, 1.807) is 0 Å². The number of esters is 1. The first-order valence-corrected chi connectivity index (χ1v) is 6.10. The Morgan fingerprint density at radius 2 is 2.07 bits per heavy atom. The largest absolute Gasteiger partial charge is 0.464 e. The second-order valence-corrected chi connectivity index (χ2v) is 4.36. The third-order valence-corrected chi connectivity index (χ3v) is 3.08. The quantitative estimate of drug-likeness (QED) is 0.564. The van der Waals surface area contributed by atoms with Crippen LogP contribution in [-0.4, -0.2) is 23.8 Å². The minimum absolute atomic E-state index is 0.132. The second kappa shape index (κ2) is 6.83. The van der Waals surface area contributed by atoms with Crippen LogP contribution in [0.1, 0.15) is 51.9 Å². The summed E-state index contributed by atoms with van der Waals surface area (Å²) in [6.45, 7) is 2.49. The Morgan fingerprint density at radius 1 is 1.40 bits per heavy atom. The van der Waals surface area contributed by atoms with Crippen LogP contribution in [0.2, 0.25) is 0 Å². The molecular weight excluding hydrogens is 192 g/mol. The SMILES string of the molecule is CCCCOC(=O)[C@H](O)C1CCCCC1. The molecule has 1 aliphatic rings. The lowest BCUT2D eigenvalue weighted by atomic mass is 9.85. The molecule has 0 heterocycles. The Morgan fingerprint density at radius 3 is 2.67 bits per heavy atom. The summed E-state index contributed by atoms with van der Waals surface area (Å²) in [4.78, 5) is 11.4. The fraction of sp³-hybridized carbons (Fsp3) is 0.917. The first kappa shape index (κ1) is 12.5. The van der Waals surface area contributed by atoms with E-state index in [0.29, 0.717) is 6.61 Å². The Hall–Kier alpha value is -0.570. The molecule has 0 bridgehead atoms. The van der Waals surface area contributed by atoms with E-state index in [0.717, 1.165) is 38.5 Å². The molecule has 0 radical (unpaired) electrons. The smallest absolute Gasteiger partial charge is 0.335 e. The van der Waals surface area contributed by atoms with E-state index in [1.165, 1.54) is 6.42 Å². The van der Waals surface area contributed by atoms with Gasteiger partial charge in [-0.3, -0.25) is 0 Å². The van der Waals surface area contributed by atoms with Gasteiger partial charge in [0.05, 0.1) is 6.61 Å². The van der Waals surface area contributed by atoms with E-state index >= 15 is 0 Å². The van der Waals surface area contributed by atoms with Crippen molar-refractivity contribution in [2.75, 3.05) is 6.61 Å². The topological polar surface area (TPSA) is 46.5 Å². The van der Waals surface area contributed by atoms with Gasteiger partial charge in [-0.1, -0.05) is 32.6 Å². The number of aliphatic hydroxyl groups excluding tert-OH is 1. The summed E-state index contributed by atoms with van der Waals surface area (Å²) < 4.78 is 5.01. The predicted molar refractivity (Wildman–Crippen MR) is 58.4 cm³/mol. The van der Waals surface area contributed by atoms with Crippen molar-refractivity contribution < 1.29 is 14.6 Å². The first-order valence-electron chi connectivity index (χ1n) is 6.10. The van der Waals surface area contributed by atoms with E-state index in [4.69, 9.17) is 4.74 Å². The van der Waals surface area contributed by atoms with E-state index in [9.17, 15) is 9.90 Å². The molecule has 3 nitrogen and oxygen atoms in total. The van der Waals surface area contributed by atoms with Crippen LogP contribution in [0.4, 0.5) is 0 Å². The normalized spacial score (nSPS) is 19.9. The maximum atomic E-state index is 11.4. The minimum atomic E-state index is -0.887. The number of rotatable bonds is 5. The van der Waals surface area contributed by atoms with Gasteiger partial charge in [-0.15, -0.1) is 0 Å². The summed E-state index contributed by atoms with van der Waals surface area (Å²) in [5.41, 5.74) is 0. The zero-order valence-electron chi connectivity index (χ0n) is 9.58. The third-order valence-electron chi connectivity index (χ3n) is 3.08. The molecule has 0 unspecified atom stereocenters. The monoisotopic (exact) mass is 214 g/mol. The third kappa shape index (κ3) is 4.20. The highest BCUT2D eigenvalue weighted by atomic mass is 16.5. The Bertz CT molecular complexity index is 185. The van der Waals surface area contributed by atoms with Crippen molar-refractivity contribution in [2.45, 2.75) is 58.0 Å². The molecule has 0 aromatic carbocycles. The molecule has 0 amide bonds. The number of carbonyl (C=O) groups excluding carboxylic acids is 1. The van der Waals surface area contributed by atoms with Gasteiger partial charge < -0.3 is 9.84 Å². The lowest BCUT2D eigenvalue weighted by molar-refractivity contribution is -0.157. The van der Waals surface area contributed by atoms with Crippen LogP contribution in [0, 0.1) is 5.92 Å². The van der Waals surface area contributed by atoms with E-state index < -0.39 is 12.1 Å². The highest BCUT2D eigenvalue weighted by molar-refractivity contribution is 5.74. The maximum absolute atomic E-state index is 11.4. The van der Waals surface area contributed by atoms with Gasteiger partial charge in [0.1, 0.15) is 0 Å². The lowest BCUT2D eigenvalue weighted by Gasteiger charge is -2.25. The van der Waals surface area contributed by atoms with E-state index in [-0.39, 0.29) is 5.92 Å². The van der Waals surface area contributed by atoms with Crippen molar-refractivity contribution in [1.29, 1.82) is 0 Å². The highest BCUT2D eigenvalue weighted by Crippen LogP contribution is 2.26. The molecule has 1 saturated carbocycles. The van der Waals surface area contributed by atoms with Crippen LogP contribution in [0.5, 0.6) is 0 Å². The minimum Gasteiger partial charge on any atom is -0.464 e. The molecule has 0 aromatic heterocycles. The molecule has 0 aromatic rings. The number of unbranched alkanes of at least 4 members (excludes halogenated alkanes) is 1. The van der Waals surface area contributed by atoms with Crippen molar-refractivity contribution in [2.24, 2.45) is 5.92 Å². The number of aliphatic hydroxyl groups is 1. The van der Waals surface area contributed by atoms with Crippen LogP contribution in [0.15, 0.2) is 0 Å². The maximum Gasteiger partial charge on any atom is 0.335 e. The molecular formula is C12H22O3. The fourth-order valence-corrected chi connectivity index (χ4v) is 2.04. The van der Waals surface area contributed by atoms with Crippen LogP contribution in [0.3, 0.4) is 0 Å². The lowest BCUT2D eigenvalue weighted by Crippen LogP contribution is -2.32. The van der Waals surface area contributed by atoms with Crippen molar-refractivity contribution in [3.63, 3.8) is 0 Å². The molecule has 0 saturated heterocycles. The Labute approximate surface area is 91.8 Å². The molecule has 1 fully saturated rings. The molecule has 88 valence electrons. The summed E-state index contributed by atoms with van der Waals surface area (Å²) >= 11 is 0. The van der Waals surface area contributed by atoms with Crippen molar-refractivity contribution in [3.05, 3.63) is 0 Å². The molecule has 1 aliphatic carbocycles. The summed E-state index contributed by atoms with van der Waals surface area (Å²) in [6.07, 6.45) is 6.41. The van der Waals surface area contributed by atoms with Gasteiger partial charge in [0.15, 0.2) is 6.10 Å². The number of hydrogen-bond donors (Lipinski definition) is 1. The summed E-state index contributed by atoms with van der Waals surface area (Å²) in [6, 6.07) is 0. The van der Waals surface area contributed by atoms with Gasteiger partial charge in [0.25, 0.3) is 0 Å². The molecule has 1 rings (SSSR count). The van der Waals surface area contributed by atoms with Crippen LogP contribution >= 0.6 is 0 Å². The fourth-order valence-electron chi connectivity index (χ4n) is 2.04. The van der Waals surface area contributed by atoms with Gasteiger partial charge >= 0.3 is 5.97 Å². The van der Waals surface area contributed by atoms with Gasteiger partial charge in [0.2, 0.25) is 0 Å². The number of ether oxygens (including phenoxy) is 1. The molecule has 15 heavy (non-hydrogen) atoms. The van der Waals surface area contributed by atoms with Crippen LogP contribution in [0.25, 0.3) is 0 Å². The highest BCUT2D eigenvalue weighted by Gasteiger charge is 2.28. The zero-order valence-corrected chi connectivity index (χ0v) is 9.58. The Kier molecular flexibility index (Phi) is 5.69. The molecule has 0 spiro atoms. The summed E-state index contributed by atoms with van der Waals surface area (Å²) in [7, 11) is 0. The molecule has 3 heteroatoms. The van der Waals surface area contributed by atoms with Crippen LogP contribution < -0.4 is 0 Å². The number of carbonyl (C=O) groups is 1. The van der Waals surface area contributed by atoms with Crippen molar-refractivity contribution in [3.8, 4) is 0 Å². The average Bonchev–Trinajstić information content (AvgIpc) is 2.29. The molecule has 1 N–H and O–H groups in total. The van der Waals surface area contributed by atoms with E-state index in [1.807, 2.05) is 6.92 Å². The first-order chi connectivity index (χ1) is 7.25. The Balaban J connectivity index is 2.24. The standard InChI is InChI=1S/C12H22O3/c1-2-3-9-15-12(14)11(13)10-7-5-4-6-8-10/h10-11,13H,2-9H2,1H3/t11-/m1/s1. The van der Waals surface area contributed by atoms with Gasteiger partial charge in [-0.2, -0.15) is 0 Å². The van der Waals surface area contributed by atoms with Gasteiger partial charge in [0, 0.05) is 0 Å². The van der Waals surface area contributed by atoms with Gasteiger partial charge in [-0.25, -0.2) is 4.79 Å². The molecule has 1 atom stereocenters. The zero-order chi connectivity index (χ0) is 11.1. The van der Waals surface area contributed by atoms with E-state index in [2.05, 4.69) is 0 Å². The second-order valence-electron chi connectivity index (χ2n) is 4.36. The summed E-state index contributed by atoms with van der Waals surface area (Å²) in [5, 5.41) is 9.77. The number of hydrogen-bond acceptors (Lipinski definition) is 3. The van der Waals surface area contributed by atoms with Crippen LogP contribution in [-0.2, 0) is 9.53 Å².